The summed E-state index contributed by atoms with van der Waals surface area (Å²) in [5.74, 6) is 1.70. The molecule has 2 aliphatic heterocycles. The van der Waals surface area contributed by atoms with E-state index in [0.717, 1.165) is 55.7 Å². The first-order chi connectivity index (χ1) is 28.6. The predicted molar refractivity (Wildman–Crippen MR) is 241 cm³/mol. The zero-order valence-corrected chi connectivity index (χ0v) is 32.4. The van der Waals surface area contributed by atoms with Crippen molar-refractivity contribution in [1.82, 2.24) is 9.88 Å². The molecular weight excluding hydrogens is 729 g/mol. The van der Waals surface area contributed by atoms with Crippen LogP contribution in [0.5, 0.6) is 0 Å². The molecule has 0 saturated heterocycles. The number of benzene rings is 7. The number of fused-ring (bicyclic) bond motifs is 9. The average Bonchev–Trinajstić information content (AvgIpc) is 3.93. The Labute approximate surface area is 339 Å². The molecule has 1 N–H and O–H groups in total. The summed E-state index contributed by atoms with van der Waals surface area (Å²) in [5, 5.41) is 8.33. The van der Waals surface area contributed by atoms with Crippen LogP contribution in [0.3, 0.4) is 0 Å². The van der Waals surface area contributed by atoms with Crippen molar-refractivity contribution in [1.29, 1.82) is 0 Å². The molecule has 0 bridgehead atoms. The predicted octanol–water partition coefficient (Wildman–Crippen LogP) is 12.6. The Morgan fingerprint density at radius 3 is 2.31 bits per heavy atom. The van der Waals surface area contributed by atoms with Gasteiger partial charge in [0.05, 0.1) is 21.3 Å². The lowest BCUT2D eigenvalue weighted by molar-refractivity contribution is 0.577. The van der Waals surface area contributed by atoms with Crippen molar-refractivity contribution in [3.05, 3.63) is 204 Å². The standard InChI is InChI=1S/C52H36N4OS/c1-52-41(37-20-9-11-28-46(37)58-52)24-14-25-42(52)51-54-49(32-15-4-2-5-16-32)53-50(55-51)39-23-12-22-38-47-35(21-13-27-45(47)57-48(38)39)33-29-30-44-40(31-33)36-19-8-10-26-43(36)56(44)34-17-6-3-7-18-34/h2-31,41,51H,1H3,(H,53,54,55). The highest BCUT2D eigenvalue weighted by molar-refractivity contribution is 8.01. The second-order valence-corrected chi connectivity index (χ2v) is 16.9. The van der Waals surface area contributed by atoms with E-state index in [0.29, 0.717) is 5.84 Å². The maximum Gasteiger partial charge on any atom is 0.163 e. The molecule has 0 fully saturated rings. The van der Waals surface area contributed by atoms with Crippen molar-refractivity contribution < 1.29 is 4.42 Å². The molecule has 3 aliphatic rings. The van der Waals surface area contributed by atoms with E-state index in [4.69, 9.17) is 14.4 Å². The van der Waals surface area contributed by atoms with Crippen LogP contribution in [0, 0.1) is 0 Å². The number of para-hydroxylation sites is 3. The molecule has 4 heterocycles. The zero-order valence-electron chi connectivity index (χ0n) is 31.6. The molecule has 6 heteroatoms. The summed E-state index contributed by atoms with van der Waals surface area (Å²) in [7, 11) is 0. The summed E-state index contributed by atoms with van der Waals surface area (Å²) >= 11 is 1.94. The van der Waals surface area contributed by atoms with Crippen molar-refractivity contribution in [2.24, 2.45) is 9.98 Å². The number of furan rings is 1. The minimum atomic E-state index is -0.332. The molecule has 0 radical (unpaired) electrons. The van der Waals surface area contributed by atoms with Gasteiger partial charge in [0.15, 0.2) is 5.84 Å². The summed E-state index contributed by atoms with van der Waals surface area (Å²) in [6, 6.07) is 58.0. The van der Waals surface area contributed by atoms with Gasteiger partial charge >= 0.3 is 0 Å². The third kappa shape index (κ3) is 4.98. The lowest BCUT2D eigenvalue weighted by Crippen LogP contribution is -2.46. The van der Waals surface area contributed by atoms with E-state index >= 15 is 0 Å². The number of nitrogens with one attached hydrogen (secondary N) is 1. The smallest absolute Gasteiger partial charge is 0.163 e. The molecule has 0 saturated carbocycles. The Kier molecular flexibility index (Phi) is 7.35. The number of rotatable bonds is 5. The monoisotopic (exact) mass is 764 g/mol. The Bertz CT molecular complexity index is 3260. The first-order valence-corrected chi connectivity index (χ1v) is 20.6. The summed E-state index contributed by atoms with van der Waals surface area (Å²) in [5.41, 5.74) is 11.9. The van der Waals surface area contributed by atoms with Gasteiger partial charge in [-0.1, -0.05) is 133 Å². The summed E-state index contributed by atoms with van der Waals surface area (Å²) in [6.45, 7) is 2.36. The number of nitrogens with zero attached hydrogens (tertiary/aromatic N) is 3. The van der Waals surface area contributed by atoms with Crippen LogP contribution in [0.25, 0.3) is 60.6 Å². The van der Waals surface area contributed by atoms with Crippen LogP contribution < -0.4 is 5.32 Å². The molecule has 3 unspecified atom stereocenters. The average molecular weight is 765 g/mol. The Hall–Kier alpha value is -6.89. The topological polar surface area (TPSA) is 54.8 Å². The number of thioether (sulfide) groups is 1. The van der Waals surface area contributed by atoms with E-state index in [1.165, 1.54) is 37.8 Å². The minimum Gasteiger partial charge on any atom is -0.455 e. The second kappa shape index (κ2) is 12.8. The summed E-state index contributed by atoms with van der Waals surface area (Å²) < 4.78 is 9.01. The van der Waals surface area contributed by atoms with Gasteiger partial charge in [0.2, 0.25) is 0 Å². The molecule has 1 aliphatic carbocycles. The molecule has 0 spiro atoms. The van der Waals surface area contributed by atoms with Crippen LogP contribution in [-0.2, 0) is 0 Å². The largest absolute Gasteiger partial charge is 0.455 e. The lowest BCUT2D eigenvalue weighted by atomic mass is 9.77. The highest BCUT2D eigenvalue weighted by Crippen LogP contribution is 2.59. The van der Waals surface area contributed by atoms with E-state index in [9.17, 15) is 0 Å². The molecule has 0 amide bonds. The van der Waals surface area contributed by atoms with Crippen LogP contribution in [0.2, 0.25) is 0 Å². The van der Waals surface area contributed by atoms with Gasteiger partial charge in [0.25, 0.3) is 0 Å². The Balaban J connectivity index is 1.01. The third-order valence-corrected chi connectivity index (χ3v) is 13.7. The highest BCUT2D eigenvalue weighted by atomic mass is 32.2. The van der Waals surface area contributed by atoms with Crippen molar-refractivity contribution in [2.45, 2.75) is 28.6 Å². The van der Waals surface area contributed by atoms with Crippen molar-refractivity contribution in [3.63, 3.8) is 0 Å². The van der Waals surface area contributed by atoms with Gasteiger partial charge in [-0.05, 0) is 77.7 Å². The van der Waals surface area contributed by atoms with Gasteiger partial charge in [-0.3, -0.25) is 0 Å². The van der Waals surface area contributed by atoms with Gasteiger partial charge in [0.1, 0.15) is 23.2 Å². The first-order valence-electron chi connectivity index (χ1n) is 19.8. The number of aliphatic imine (C=N–C) groups is 2. The van der Waals surface area contributed by atoms with Crippen molar-refractivity contribution in [2.75, 3.05) is 0 Å². The Morgan fingerprint density at radius 2 is 1.41 bits per heavy atom. The maximum absolute atomic E-state index is 6.87. The van der Waals surface area contributed by atoms with E-state index in [1.54, 1.807) is 0 Å². The molecule has 276 valence electrons. The molecule has 12 rings (SSSR count). The number of allylic oxidation sites excluding steroid dienone is 3. The van der Waals surface area contributed by atoms with E-state index < -0.39 is 0 Å². The van der Waals surface area contributed by atoms with Crippen LogP contribution in [-0.4, -0.2) is 27.2 Å². The molecule has 5 nitrogen and oxygen atoms in total. The number of aromatic nitrogens is 1. The fourth-order valence-electron chi connectivity index (χ4n) is 9.48. The van der Waals surface area contributed by atoms with Crippen LogP contribution in [0.15, 0.2) is 207 Å². The SMILES string of the molecule is CC12Sc3ccccc3C1C=CC=C2C1N=C(c2cccc3c2oc2cccc(-c4ccc5c(c4)c4ccccc4n5-c4ccccc4)c23)N=C(c2ccccc2)N1. The van der Waals surface area contributed by atoms with Crippen molar-refractivity contribution >= 4 is 67.2 Å². The summed E-state index contributed by atoms with van der Waals surface area (Å²) in [6.07, 6.45) is 6.47. The first kappa shape index (κ1) is 33.3. The fraction of sp³-hybridized carbons (Fsp3) is 0.0769. The maximum atomic E-state index is 6.87. The van der Waals surface area contributed by atoms with Crippen LogP contribution >= 0.6 is 11.8 Å². The molecule has 3 atom stereocenters. The van der Waals surface area contributed by atoms with E-state index in [-0.39, 0.29) is 16.8 Å². The van der Waals surface area contributed by atoms with Gasteiger partial charge in [-0.2, -0.15) is 0 Å². The van der Waals surface area contributed by atoms with Gasteiger partial charge < -0.3 is 14.3 Å². The molecule has 58 heavy (non-hydrogen) atoms. The summed E-state index contributed by atoms with van der Waals surface area (Å²) in [4.78, 5) is 12.0. The van der Waals surface area contributed by atoms with Gasteiger partial charge in [-0.15, -0.1) is 11.8 Å². The quantitative estimate of drug-likeness (QED) is 0.190. The van der Waals surface area contributed by atoms with Crippen molar-refractivity contribution in [3.8, 4) is 16.8 Å². The highest BCUT2D eigenvalue weighted by Gasteiger charge is 2.48. The van der Waals surface area contributed by atoms with E-state index in [1.807, 2.05) is 17.8 Å². The lowest BCUT2D eigenvalue weighted by Gasteiger charge is -2.38. The minimum absolute atomic E-state index is 0.210. The Morgan fingerprint density at radius 1 is 0.672 bits per heavy atom. The van der Waals surface area contributed by atoms with Gasteiger partial charge in [-0.25, -0.2) is 9.98 Å². The van der Waals surface area contributed by atoms with Crippen LogP contribution in [0.4, 0.5) is 0 Å². The van der Waals surface area contributed by atoms with Crippen LogP contribution in [0.1, 0.15) is 29.5 Å². The fourth-order valence-corrected chi connectivity index (χ4v) is 11.0. The molecular formula is C52H36N4OS. The molecule has 7 aromatic carbocycles. The number of hydrogen-bond donors (Lipinski definition) is 1. The van der Waals surface area contributed by atoms with Gasteiger partial charge in [0, 0.05) is 43.6 Å². The number of amidine groups is 2. The zero-order chi connectivity index (χ0) is 38.4. The molecule has 2 aromatic heterocycles. The normalized spacial score (nSPS) is 19.8. The number of hydrogen-bond acceptors (Lipinski definition) is 5. The molecule has 9 aromatic rings. The van der Waals surface area contributed by atoms with E-state index in [2.05, 4.69) is 193 Å². The third-order valence-electron chi connectivity index (χ3n) is 12.2. The second-order valence-electron chi connectivity index (χ2n) is 15.4.